The van der Waals surface area contributed by atoms with Gasteiger partial charge in [-0.3, -0.25) is 9.59 Å². The fraction of sp³-hybridized carbons (Fsp3) is 0.0588. The van der Waals surface area contributed by atoms with Crippen molar-refractivity contribution in [2.24, 2.45) is 0 Å². The van der Waals surface area contributed by atoms with Gasteiger partial charge in [-0.25, -0.2) is 0 Å². The van der Waals surface area contributed by atoms with Gasteiger partial charge in [-0.1, -0.05) is 23.7 Å². The molecule has 0 spiro atoms. The number of rotatable bonds is 2. The van der Waals surface area contributed by atoms with Crippen molar-refractivity contribution in [1.29, 1.82) is 0 Å². The zero-order valence-corrected chi connectivity index (χ0v) is 12.5. The third kappa shape index (κ3) is 2.61. The standard InChI is InChI=1S/C17H12ClNO3/c1-10-15(16(20)13-4-2-3-5-14(13)22-10)17(21)19-12-8-6-11(18)7-9-12/h2-9H,1H3,(H,19,21). The lowest BCUT2D eigenvalue weighted by atomic mass is 10.1. The highest BCUT2D eigenvalue weighted by molar-refractivity contribution is 6.30. The lowest BCUT2D eigenvalue weighted by Gasteiger charge is -2.08. The lowest BCUT2D eigenvalue weighted by molar-refractivity contribution is 0.102. The second kappa shape index (κ2) is 5.66. The number of carbonyl (C=O) groups excluding carboxylic acids is 1. The second-order valence-electron chi connectivity index (χ2n) is 4.82. The van der Waals surface area contributed by atoms with Crippen LogP contribution in [0.15, 0.2) is 57.7 Å². The zero-order chi connectivity index (χ0) is 15.7. The molecule has 0 fully saturated rings. The first kappa shape index (κ1) is 14.4. The molecule has 110 valence electrons. The quantitative estimate of drug-likeness (QED) is 0.777. The first-order valence-corrected chi connectivity index (χ1v) is 7.03. The molecule has 0 aliphatic heterocycles. The van der Waals surface area contributed by atoms with Crippen LogP contribution in [-0.2, 0) is 0 Å². The Bertz CT molecular complexity index is 913. The maximum Gasteiger partial charge on any atom is 0.263 e. The van der Waals surface area contributed by atoms with E-state index < -0.39 is 5.91 Å². The molecule has 0 atom stereocenters. The molecule has 2 aromatic carbocycles. The number of benzene rings is 2. The van der Waals surface area contributed by atoms with E-state index in [2.05, 4.69) is 5.32 Å². The van der Waals surface area contributed by atoms with Crippen LogP contribution < -0.4 is 10.7 Å². The van der Waals surface area contributed by atoms with E-state index in [-0.39, 0.29) is 16.8 Å². The molecule has 1 heterocycles. The molecule has 3 aromatic rings. The number of aryl methyl sites for hydroxylation is 1. The largest absolute Gasteiger partial charge is 0.460 e. The summed E-state index contributed by atoms with van der Waals surface area (Å²) in [5.41, 5.74) is 0.689. The van der Waals surface area contributed by atoms with Crippen molar-refractivity contribution in [3.63, 3.8) is 0 Å². The molecule has 0 aliphatic carbocycles. The maximum absolute atomic E-state index is 12.5. The Balaban J connectivity index is 2.04. The molecule has 22 heavy (non-hydrogen) atoms. The number of nitrogens with one attached hydrogen (secondary N) is 1. The molecular formula is C17H12ClNO3. The molecule has 0 bridgehead atoms. The highest BCUT2D eigenvalue weighted by atomic mass is 35.5. The van der Waals surface area contributed by atoms with E-state index in [0.29, 0.717) is 21.7 Å². The van der Waals surface area contributed by atoms with Crippen molar-refractivity contribution in [3.05, 3.63) is 75.1 Å². The molecule has 1 amide bonds. The van der Waals surface area contributed by atoms with Crippen molar-refractivity contribution in [1.82, 2.24) is 0 Å². The molecule has 1 aromatic heterocycles. The first-order valence-electron chi connectivity index (χ1n) is 6.65. The number of para-hydroxylation sites is 1. The molecule has 0 radical (unpaired) electrons. The van der Waals surface area contributed by atoms with Crippen LogP contribution in [0.2, 0.25) is 5.02 Å². The van der Waals surface area contributed by atoms with E-state index in [1.807, 2.05) is 0 Å². The average Bonchev–Trinajstić information content (AvgIpc) is 2.49. The summed E-state index contributed by atoms with van der Waals surface area (Å²) in [6.45, 7) is 1.60. The monoisotopic (exact) mass is 313 g/mol. The second-order valence-corrected chi connectivity index (χ2v) is 5.26. The van der Waals surface area contributed by atoms with E-state index in [1.54, 1.807) is 55.5 Å². The predicted molar refractivity (Wildman–Crippen MR) is 86.6 cm³/mol. The van der Waals surface area contributed by atoms with Gasteiger partial charge in [0.2, 0.25) is 5.43 Å². The summed E-state index contributed by atoms with van der Waals surface area (Å²) in [5.74, 6) is -0.213. The van der Waals surface area contributed by atoms with Gasteiger partial charge in [0.25, 0.3) is 5.91 Å². The Morgan fingerprint density at radius 2 is 1.77 bits per heavy atom. The van der Waals surface area contributed by atoms with E-state index >= 15 is 0 Å². The maximum atomic E-state index is 12.5. The van der Waals surface area contributed by atoms with Crippen LogP contribution in [0.25, 0.3) is 11.0 Å². The predicted octanol–water partition coefficient (Wildman–Crippen LogP) is 4.01. The molecular weight excluding hydrogens is 302 g/mol. The van der Waals surface area contributed by atoms with Crippen molar-refractivity contribution < 1.29 is 9.21 Å². The summed E-state index contributed by atoms with van der Waals surface area (Å²) in [6.07, 6.45) is 0. The number of halogens is 1. The van der Waals surface area contributed by atoms with Gasteiger partial charge in [-0.05, 0) is 43.3 Å². The number of fused-ring (bicyclic) bond motifs is 1. The van der Waals surface area contributed by atoms with Gasteiger partial charge in [0.15, 0.2) is 0 Å². The van der Waals surface area contributed by atoms with Gasteiger partial charge in [-0.2, -0.15) is 0 Å². The first-order chi connectivity index (χ1) is 10.6. The van der Waals surface area contributed by atoms with Gasteiger partial charge in [0, 0.05) is 10.7 Å². The van der Waals surface area contributed by atoms with Crippen molar-refractivity contribution >= 4 is 34.2 Å². The summed E-state index contributed by atoms with van der Waals surface area (Å²) < 4.78 is 5.57. The van der Waals surface area contributed by atoms with Crippen LogP contribution in [-0.4, -0.2) is 5.91 Å². The van der Waals surface area contributed by atoms with E-state index in [1.165, 1.54) is 0 Å². The van der Waals surface area contributed by atoms with Crippen LogP contribution in [0.3, 0.4) is 0 Å². The molecule has 0 saturated heterocycles. The molecule has 0 unspecified atom stereocenters. The van der Waals surface area contributed by atoms with Crippen molar-refractivity contribution in [2.45, 2.75) is 6.92 Å². The topological polar surface area (TPSA) is 59.3 Å². The Labute approximate surface area is 131 Å². The minimum absolute atomic E-state index is 0.00801. The Kier molecular flexibility index (Phi) is 3.69. The summed E-state index contributed by atoms with van der Waals surface area (Å²) in [5, 5.41) is 3.63. The van der Waals surface area contributed by atoms with Crippen LogP contribution in [0.5, 0.6) is 0 Å². The molecule has 0 saturated carbocycles. The molecule has 3 rings (SSSR count). The van der Waals surface area contributed by atoms with Gasteiger partial charge < -0.3 is 9.73 Å². The Hall–Kier alpha value is -2.59. The fourth-order valence-corrected chi connectivity index (χ4v) is 2.37. The Morgan fingerprint density at radius 1 is 1.09 bits per heavy atom. The highest BCUT2D eigenvalue weighted by Gasteiger charge is 2.18. The van der Waals surface area contributed by atoms with Gasteiger partial charge in [0.1, 0.15) is 16.9 Å². The van der Waals surface area contributed by atoms with Crippen LogP contribution in [0.4, 0.5) is 5.69 Å². The molecule has 5 heteroatoms. The van der Waals surface area contributed by atoms with Crippen LogP contribution in [0.1, 0.15) is 16.1 Å². The molecule has 4 nitrogen and oxygen atoms in total. The van der Waals surface area contributed by atoms with E-state index in [0.717, 1.165) is 0 Å². The number of amides is 1. The van der Waals surface area contributed by atoms with Gasteiger partial charge in [-0.15, -0.1) is 0 Å². The van der Waals surface area contributed by atoms with Crippen molar-refractivity contribution in [2.75, 3.05) is 5.32 Å². The summed E-state index contributed by atoms with van der Waals surface area (Å²) in [7, 11) is 0. The number of anilines is 1. The third-order valence-electron chi connectivity index (χ3n) is 3.30. The van der Waals surface area contributed by atoms with E-state index in [9.17, 15) is 9.59 Å². The summed E-state index contributed by atoms with van der Waals surface area (Å²) >= 11 is 5.80. The number of carbonyl (C=O) groups is 1. The SMILES string of the molecule is Cc1oc2ccccc2c(=O)c1C(=O)Nc1ccc(Cl)cc1. The van der Waals surface area contributed by atoms with Crippen LogP contribution in [0, 0.1) is 6.92 Å². The zero-order valence-electron chi connectivity index (χ0n) is 11.7. The fourth-order valence-electron chi connectivity index (χ4n) is 2.24. The Morgan fingerprint density at radius 3 is 2.50 bits per heavy atom. The average molecular weight is 314 g/mol. The smallest absolute Gasteiger partial charge is 0.263 e. The summed E-state index contributed by atoms with van der Waals surface area (Å²) in [4.78, 5) is 24.9. The minimum atomic E-state index is -0.501. The highest BCUT2D eigenvalue weighted by Crippen LogP contribution is 2.17. The van der Waals surface area contributed by atoms with Gasteiger partial charge in [0.05, 0.1) is 5.39 Å². The molecule has 1 N–H and O–H groups in total. The number of hydrogen-bond acceptors (Lipinski definition) is 3. The summed E-state index contributed by atoms with van der Waals surface area (Å²) in [6, 6.07) is 13.5. The molecule has 0 aliphatic rings. The minimum Gasteiger partial charge on any atom is -0.460 e. The number of hydrogen-bond donors (Lipinski definition) is 1. The third-order valence-corrected chi connectivity index (χ3v) is 3.55. The van der Waals surface area contributed by atoms with Gasteiger partial charge >= 0.3 is 0 Å². The van der Waals surface area contributed by atoms with E-state index in [4.69, 9.17) is 16.0 Å². The lowest BCUT2D eigenvalue weighted by Crippen LogP contribution is -2.23. The van der Waals surface area contributed by atoms with Crippen LogP contribution >= 0.6 is 11.6 Å². The van der Waals surface area contributed by atoms with Crippen molar-refractivity contribution in [3.8, 4) is 0 Å². The normalized spacial score (nSPS) is 10.6.